The van der Waals surface area contributed by atoms with Crippen LogP contribution in [0.5, 0.6) is 0 Å². The first-order valence-electron chi connectivity index (χ1n) is 10.8. The first kappa shape index (κ1) is 21.5. The van der Waals surface area contributed by atoms with Crippen LogP contribution in [0.15, 0.2) is 115 Å². The molecule has 0 spiro atoms. The van der Waals surface area contributed by atoms with E-state index in [1.54, 1.807) is 47.7 Å². The van der Waals surface area contributed by atoms with Crippen molar-refractivity contribution in [3.63, 3.8) is 0 Å². The van der Waals surface area contributed by atoms with E-state index < -0.39 is 0 Å². The number of amides is 1. The molecule has 0 bridgehead atoms. The van der Waals surface area contributed by atoms with Gasteiger partial charge in [0.2, 0.25) is 0 Å². The average molecular weight is 461 g/mol. The Labute approximate surface area is 201 Å². The number of benzene rings is 4. The molecule has 5 heteroatoms. The summed E-state index contributed by atoms with van der Waals surface area (Å²) < 4.78 is 0. The Hall–Kier alpha value is -4.35. The fourth-order valence-corrected chi connectivity index (χ4v) is 4.50. The second kappa shape index (κ2) is 9.65. The Kier molecular flexibility index (Phi) is 6.10. The normalized spacial score (nSPS) is 10.6. The zero-order valence-corrected chi connectivity index (χ0v) is 19.0. The number of ketones is 1. The highest BCUT2D eigenvalue weighted by atomic mass is 32.1. The summed E-state index contributed by atoms with van der Waals surface area (Å²) in [6.45, 7) is 0. The van der Waals surface area contributed by atoms with Crippen molar-refractivity contribution in [2.45, 2.75) is 0 Å². The number of nitrogens with one attached hydrogen (secondary N) is 1. The molecule has 164 valence electrons. The van der Waals surface area contributed by atoms with E-state index in [0.29, 0.717) is 22.4 Å². The van der Waals surface area contributed by atoms with E-state index in [-0.39, 0.29) is 11.7 Å². The maximum atomic E-state index is 13.0. The Morgan fingerprint density at radius 2 is 1.26 bits per heavy atom. The number of thiazole rings is 1. The lowest BCUT2D eigenvalue weighted by molar-refractivity contribution is 0.0996. The van der Waals surface area contributed by atoms with Crippen molar-refractivity contribution in [3.8, 4) is 21.8 Å². The number of carbonyl (C=O) groups is 2. The van der Waals surface area contributed by atoms with Gasteiger partial charge in [0.25, 0.3) is 5.91 Å². The Bertz CT molecular complexity index is 1440. The van der Waals surface area contributed by atoms with E-state index in [9.17, 15) is 9.59 Å². The highest BCUT2D eigenvalue weighted by Gasteiger charge is 2.18. The van der Waals surface area contributed by atoms with E-state index in [4.69, 9.17) is 4.98 Å². The van der Waals surface area contributed by atoms with Gasteiger partial charge < -0.3 is 5.32 Å². The molecule has 0 atom stereocenters. The maximum absolute atomic E-state index is 13.0. The molecule has 1 amide bonds. The summed E-state index contributed by atoms with van der Waals surface area (Å²) in [5.74, 6) is -0.507. The molecule has 1 N–H and O–H groups in total. The maximum Gasteiger partial charge on any atom is 0.256 e. The second-order valence-electron chi connectivity index (χ2n) is 7.68. The molecule has 0 aliphatic heterocycles. The molecule has 4 aromatic carbocycles. The summed E-state index contributed by atoms with van der Waals surface area (Å²) >= 11 is 1.60. The van der Waals surface area contributed by atoms with Gasteiger partial charge in [-0.25, -0.2) is 4.98 Å². The molecule has 0 fully saturated rings. The van der Waals surface area contributed by atoms with E-state index in [2.05, 4.69) is 5.32 Å². The molecular formula is C29H20N2O2S. The van der Waals surface area contributed by atoms with E-state index in [1.165, 1.54) is 0 Å². The SMILES string of the molecule is O=C(Nc1ccc(-c2csc(-c3ccccc3)n2)cc1)c1ccccc1C(=O)c1ccccc1. The van der Waals surface area contributed by atoms with Gasteiger partial charge in [0.15, 0.2) is 5.78 Å². The number of rotatable bonds is 6. The third kappa shape index (κ3) is 4.56. The lowest BCUT2D eigenvalue weighted by atomic mass is 9.98. The average Bonchev–Trinajstić information content (AvgIpc) is 3.40. The molecule has 5 rings (SSSR count). The topological polar surface area (TPSA) is 59.1 Å². The minimum atomic E-state index is -0.326. The van der Waals surface area contributed by atoms with Crippen LogP contribution in [0.1, 0.15) is 26.3 Å². The monoisotopic (exact) mass is 460 g/mol. The van der Waals surface area contributed by atoms with Crippen molar-refractivity contribution in [3.05, 3.63) is 131 Å². The molecule has 4 nitrogen and oxygen atoms in total. The van der Waals surface area contributed by atoms with E-state index in [0.717, 1.165) is 21.8 Å². The summed E-state index contributed by atoms with van der Waals surface area (Å²) in [4.78, 5) is 30.7. The van der Waals surface area contributed by atoms with Crippen molar-refractivity contribution in [2.75, 3.05) is 5.32 Å². The summed E-state index contributed by atoms with van der Waals surface area (Å²) in [6.07, 6.45) is 0. The number of nitrogens with zero attached hydrogens (tertiary/aromatic N) is 1. The lowest BCUT2D eigenvalue weighted by Gasteiger charge is -2.10. The van der Waals surface area contributed by atoms with Gasteiger partial charge in [-0.2, -0.15) is 0 Å². The van der Waals surface area contributed by atoms with Crippen molar-refractivity contribution in [1.29, 1.82) is 0 Å². The molecule has 5 aromatic rings. The Balaban J connectivity index is 1.33. The van der Waals surface area contributed by atoms with Crippen LogP contribution in [0, 0.1) is 0 Å². The summed E-state index contributed by atoms with van der Waals surface area (Å²) in [7, 11) is 0. The quantitative estimate of drug-likeness (QED) is 0.279. The molecule has 0 saturated carbocycles. The number of carbonyl (C=O) groups excluding carboxylic acids is 2. The van der Waals surface area contributed by atoms with Crippen molar-refractivity contribution in [1.82, 2.24) is 4.98 Å². The minimum Gasteiger partial charge on any atom is -0.322 e. The van der Waals surface area contributed by atoms with Crippen LogP contribution in [0.25, 0.3) is 21.8 Å². The van der Waals surface area contributed by atoms with Crippen LogP contribution in [-0.2, 0) is 0 Å². The molecule has 0 saturated heterocycles. The van der Waals surface area contributed by atoms with Gasteiger partial charge in [0.05, 0.1) is 11.3 Å². The number of hydrogen-bond donors (Lipinski definition) is 1. The van der Waals surface area contributed by atoms with Crippen LogP contribution in [0.3, 0.4) is 0 Å². The summed E-state index contributed by atoms with van der Waals surface area (Å²) in [5, 5.41) is 5.90. The number of hydrogen-bond acceptors (Lipinski definition) is 4. The third-order valence-corrected chi connectivity index (χ3v) is 6.31. The van der Waals surface area contributed by atoms with Gasteiger partial charge in [0.1, 0.15) is 5.01 Å². The van der Waals surface area contributed by atoms with E-state index in [1.807, 2.05) is 78.2 Å². The second-order valence-corrected chi connectivity index (χ2v) is 8.53. The zero-order valence-electron chi connectivity index (χ0n) is 18.1. The fraction of sp³-hybridized carbons (Fsp3) is 0. The molecule has 34 heavy (non-hydrogen) atoms. The predicted molar refractivity (Wildman–Crippen MR) is 137 cm³/mol. The van der Waals surface area contributed by atoms with Crippen LogP contribution < -0.4 is 5.32 Å². The minimum absolute atomic E-state index is 0.181. The smallest absolute Gasteiger partial charge is 0.256 e. The van der Waals surface area contributed by atoms with Crippen LogP contribution in [0.4, 0.5) is 5.69 Å². The summed E-state index contributed by atoms with van der Waals surface area (Å²) in [6, 6.07) is 33.5. The molecule has 0 unspecified atom stereocenters. The molecule has 0 aliphatic rings. The molecule has 1 aromatic heterocycles. The highest BCUT2D eigenvalue weighted by molar-refractivity contribution is 7.13. The third-order valence-electron chi connectivity index (χ3n) is 5.42. The number of anilines is 1. The fourth-order valence-electron chi connectivity index (χ4n) is 3.67. The lowest BCUT2D eigenvalue weighted by Crippen LogP contribution is -2.16. The molecular weight excluding hydrogens is 440 g/mol. The predicted octanol–water partition coefficient (Wildman–Crippen LogP) is 6.96. The standard InChI is InChI=1S/C29H20N2O2S/c32-27(21-9-3-1-4-10-21)24-13-7-8-14-25(24)28(33)30-23-17-15-20(16-18-23)26-19-34-29(31-26)22-11-5-2-6-12-22/h1-19H,(H,30,33). The van der Waals surface area contributed by atoms with Gasteiger partial charge >= 0.3 is 0 Å². The van der Waals surface area contributed by atoms with Crippen LogP contribution >= 0.6 is 11.3 Å². The van der Waals surface area contributed by atoms with Crippen LogP contribution in [0.2, 0.25) is 0 Å². The van der Waals surface area contributed by atoms with E-state index >= 15 is 0 Å². The first-order chi connectivity index (χ1) is 16.7. The highest BCUT2D eigenvalue weighted by Crippen LogP contribution is 2.29. The van der Waals surface area contributed by atoms with Gasteiger partial charge in [-0.1, -0.05) is 91.0 Å². The van der Waals surface area contributed by atoms with Gasteiger partial charge in [-0.3, -0.25) is 9.59 Å². The van der Waals surface area contributed by atoms with Crippen molar-refractivity contribution in [2.24, 2.45) is 0 Å². The van der Waals surface area contributed by atoms with Gasteiger partial charge in [0, 0.05) is 33.3 Å². The molecule has 1 heterocycles. The van der Waals surface area contributed by atoms with Gasteiger partial charge in [-0.15, -0.1) is 11.3 Å². The molecule has 0 aliphatic carbocycles. The zero-order chi connectivity index (χ0) is 23.3. The van der Waals surface area contributed by atoms with Crippen molar-refractivity contribution >= 4 is 28.7 Å². The molecule has 0 radical (unpaired) electrons. The summed E-state index contributed by atoms with van der Waals surface area (Å²) in [5.41, 5.74) is 4.86. The largest absolute Gasteiger partial charge is 0.322 e. The van der Waals surface area contributed by atoms with Crippen molar-refractivity contribution < 1.29 is 9.59 Å². The first-order valence-corrected chi connectivity index (χ1v) is 11.7. The Morgan fingerprint density at radius 3 is 1.97 bits per heavy atom. The van der Waals surface area contributed by atoms with Crippen LogP contribution in [-0.4, -0.2) is 16.7 Å². The number of aromatic nitrogens is 1. The Morgan fingerprint density at radius 1 is 0.647 bits per heavy atom. The van der Waals surface area contributed by atoms with Gasteiger partial charge in [-0.05, 0) is 18.2 Å².